The zero-order chi connectivity index (χ0) is 9.64. The number of hydrogen-bond donors (Lipinski definition) is 1. The molecule has 2 heterocycles. The molecule has 0 saturated carbocycles. The molecule has 0 bridgehead atoms. The predicted molar refractivity (Wildman–Crippen MR) is 55.4 cm³/mol. The topological polar surface area (TPSA) is 30.5 Å². The van der Waals surface area contributed by atoms with Crippen molar-refractivity contribution >= 4 is 0 Å². The molecule has 82 valence electrons. The molecule has 1 unspecified atom stereocenters. The van der Waals surface area contributed by atoms with Crippen molar-refractivity contribution in [2.45, 2.75) is 31.7 Å². The van der Waals surface area contributed by atoms with E-state index < -0.39 is 0 Å². The number of nitrogens with one attached hydrogen (secondary N) is 1. The lowest BCUT2D eigenvalue weighted by Crippen LogP contribution is -2.41. The van der Waals surface area contributed by atoms with Crippen LogP contribution in [0.2, 0.25) is 0 Å². The van der Waals surface area contributed by atoms with Gasteiger partial charge in [-0.15, -0.1) is 0 Å². The lowest BCUT2D eigenvalue weighted by molar-refractivity contribution is 0.0517. The maximum atomic E-state index is 5.43. The summed E-state index contributed by atoms with van der Waals surface area (Å²) in [5.41, 5.74) is 0. The van der Waals surface area contributed by atoms with Crippen LogP contribution in [0, 0.1) is 5.92 Å². The van der Waals surface area contributed by atoms with Crippen LogP contribution in [-0.4, -0.2) is 39.0 Å². The Hall–Kier alpha value is -0.120. The molecule has 2 saturated heterocycles. The van der Waals surface area contributed by atoms with Crippen molar-refractivity contribution in [2.75, 3.05) is 33.0 Å². The quantitative estimate of drug-likeness (QED) is 0.740. The van der Waals surface area contributed by atoms with Gasteiger partial charge in [0.05, 0.1) is 13.2 Å². The fraction of sp³-hybridized carbons (Fsp3) is 1.00. The van der Waals surface area contributed by atoms with Crippen LogP contribution in [0.5, 0.6) is 0 Å². The van der Waals surface area contributed by atoms with E-state index in [1.165, 1.54) is 25.7 Å². The zero-order valence-corrected chi connectivity index (χ0v) is 8.84. The van der Waals surface area contributed by atoms with Crippen LogP contribution in [0.25, 0.3) is 0 Å². The second kappa shape index (κ2) is 5.69. The van der Waals surface area contributed by atoms with Crippen molar-refractivity contribution in [3.05, 3.63) is 0 Å². The third kappa shape index (κ3) is 3.23. The van der Waals surface area contributed by atoms with Crippen LogP contribution in [0.1, 0.15) is 25.7 Å². The van der Waals surface area contributed by atoms with Crippen LogP contribution in [0.3, 0.4) is 0 Å². The Balaban J connectivity index is 1.60. The number of rotatable bonds is 3. The van der Waals surface area contributed by atoms with E-state index in [1.807, 2.05) is 0 Å². The highest BCUT2D eigenvalue weighted by Gasteiger charge is 2.17. The second-order valence-electron chi connectivity index (χ2n) is 4.36. The Morgan fingerprint density at radius 1 is 1.00 bits per heavy atom. The highest BCUT2D eigenvalue weighted by atomic mass is 16.5. The molecule has 3 heteroatoms. The Kier molecular flexibility index (Phi) is 4.22. The van der Waals surface area contributed by atoms with E-state index in [0.717, 1.165) is 38.9 Å². The van der Waals surface area contributed by atoms with E-state index in [9.17, 15) is 0 Å². The fourth-order valence-electron chi connectivity index (χ4n) is 2.28. The molecule has 0 amide bonds. The second-order valence-corrected chi connectivity index (χ2v) is 4.36. The maximum Gasteiger partial charge on any atom is 0.0620 e. The molecule has 2 rings (SSSR count). The summed E-state index contributed by atoms with van der Waals surface area (Å²) in [4.78, 5) is 0. The molecule has 1 atom stereocenters. The third-order valence-corrected chi connectivity index (χ3v) is 3.26. The molecule has 2 aliphatic rings. The van der Waals surface area contributed by atoms with Gasteiger partial charge in [-0.2, -0.15) is 0 Å². The molecule has 2 aliphatic heterocycles. The Morgan fingerprint density at radius 3 is 2.57 bits per heavy atom. The summed E-state index contributed by atoms with van der Waals surface area (Å²) in [6.45, 7) is 4.76. The molecule has 3 nitrogen and oxygen atoms in total. The SMILES string of the molecule is C1COCC(CCC2CCOCC2)N1. The number of ether oxygens (including phenoxy) is 2. The van der Waals surface area contributed by atoms with Gasteiger partial charge >= 0.3 is 0 Å². The Morgan fingerprint density at radius 2 is 1.86 bits per heavy atom. The molecule has 0 aromatic heterocycles. The molecule has 0 aromatic carbocycles. The summed E-state index contributed by atoms with van der Waals surface area (Å²) in [7, 11) is 0. The molecule has 0 aliphatic carbocycles. The number of hydrogen-bond acceptors (Lipinski definition) is 3. The minimum atomic E-state index is 0.603. The van der Waals surface area contributed by atoms with Crippen molar-refractivity contribution < 1.29 is 9.47 Å². The monoisotopic (exact) mass is 199 g/mol. The van der Waals surface area contributed by atoms with Crippen LogP contribution in [0.15, 0.2) is 0 Å². The van der Waals surface area contributed by atoms with E-state index in [-0.39, 0.29) is 0 Å². The maximum absolute atomic E-state index is 5.43. The van der Waals surface area contributed by atoms with E-state index in [0.29, 0.717) is 6.04 Å². The molecule has 0 aromatic rings. The first kappa shape index (κ1) is 10.4. The highest BCUT2D eigenvalue weighted by molar-refractivity contribution is 4.73. The fourth-order valence-corrected chi connectivity index (χ4v) is 2.28. The van der Waals surface area contributed by atoms with Crippen LogP contribution in [0.4, 0.5) is 0 Å². The summed E-state index contributed by atoms with van der Waals surface area (Å²) < 4.78 is 10.8. The minimum absolute atomic E-state index is 0.603. The lowest BCUT2D eigenvalue weighted by Gasteiger charge is -2.27. The van der Waals surface area contributed by atoms with Gasteiger partial charge in [0, 0.05) is 25.8 Å². The van der Waals surface area contributed by atoms with E-state index in [4.69, 9.17) is 9.47 Å². The average molecular weight is 199 g/mol. The van der Waals surface area contributed by atoms with Gasteiger partial charge in [0.15, 0.2) is 0 Å². The van der Waals surface area contributed by atoms with E-state index >= 15 is 0 Å². The van der Waals surface area contributed by atoms with Gasteiger partial charge in [0.25, 0.3) is 0 Å². The van der Waals surface area contributed by atoms with Gasteiger partial charge in [-0.1, -0.05) is 0 Å². The third-order valence-electron chi connectivity index (χ3n) is 3.26. The summed E-state index contributed by atoms with van der Waals surface area (Å²) in [5, 5.41) is 3.50. The predicted octanol–water partition coefficient (Wildman–Crippen LogP) is 1.18. The molecular formula is C11H21NO2. The first-order chi connectivity index (χ1) is 6.95. The summed E-state index contributed by atoms with van der Waals surface area (Å²) in [6.07, 6.45) is 5.12. The summed E-state index contributed by atoms with van der Waals surface area (Å²) in [6, 6.07) is 0.603. The standard InChI is InChI=1S/C11H21NO2/c1(10-3-6-13-7-4-10)2-11-9-14-8-5-12-11/h10-12H,1-9H2. The Bertz CT molecular complexity index is 133. The average Bonchev–Trinajstić information content (AvgIpc) is 2.29. The van der Waals surface area contributed by atoms with Crippen molar-refractivity contribution in [3.8, 4) is 0 Å². The van der Waals surface area contributed by atoms with Gasteiger partial charge in [0.1, 0.15) is 0 Å². The van der Waals surface area contributed by atoms with E-state index in [2.05, 4.69) is 5.32 Å². The Labute approximate surface area is 86.2 Å². The van der Waals surface area contributed by atoms with Crippen molar-refractivity contribution in [1.29, 1.82) is 0 Å². The normalized spacial score (nSPS) is 30.4. The molecule has 0 radical (unpaired) electrons. The van der Waals surface area contributed by atoms with Gasteiger partial charge in [0.2, 0.25) is 0 Å². The van der Waals surface area contributed by atoms with Crippen molar-refractivity contribution in [1.82, 2.24) is 5.32 Å². The van der Waals surface area contributed by atoms with Gasteiger partial charge < -0.3 is 14.8 Å². The van der Waals surface area contributed by atoms with Gasteiger partial charge in [-0.3, -0.25) is 0 Å². The van der Waals surface area contributed by atoms with E-state index in [1.54, 1.807) is 0 Å². The first-order valence-corrected chi connectivity index (χ1v) is 5.84. The molecular weight excluding hydrogens is 178 g/mol. The van der Waals surface area contributed by atoms with Crippen molar-refractivity contribution in [3.63, 3.8) is 0 Å². The van der Waals surface area contributed by atoms with Crippen LogP contribution < -0.4 is 5.32 Å². The molecule has 1 N–H and O–H groups in total. The van der Waals surface area contributed by atoms with Gasteiger partial charge in [-0.05, 0) is 31.6 Å². The van der Waals surface area contributed by atoms with Crippen LogP contribution in [-0.2, 0) is 9.47 Å². The largest absolute Gasteiger partial charge is 0.381 e. The summed E-state index contributed by atoms with van der Waals surface area (Å²) in [5.74, 6) is 0.896. The molecule has 0 spiro atoms. The molecule has 2 fully saturated rings. The highest BCUT2D eigenvalue weighted by Crippen LogP contribution is 2.21. The number of morpholine rings is 1. The van der Waals surface area contributed by atoms with Crippen LogP contribution >= 0.6 is 0 Å². The van der Waals surface area contributed by atoms with Crippen molar-refractivity contribution in [2.24, 2.45) is 5.92 Å². The summed E-state index contributed by atoms with van der Waals surface area (Å²) >= 11 is 0. The lowest BCUT2D eigenvalue weighted by atomic mass is 9.93. The minimum Gasteiger partial charge on any atom is -0.381 e. The smallest absolute Gasteiger partial charge is 0.0620 e. The van der Waals surface area contributed by atoms with Gasteiger partial charge in [-0.25, -0.2) is 0 Å². The first-order valence-electron chi connectivity index (χ1n) is 5.84. The zero-order valence-electron chi connectivity index (χ0n) is 8.84. The molecule has 14 heavy (non-hydrogen) atoms.